The minimum absolute atomic E-state index is 0.0594. The van der Waals surface area contributed by atoms with E-state index in [1.54, 1.807) is 0 Å². The predicted octanol–water partition coefficient (Wildman–Crippen LogP) is 8.08. The van der Waals surface area contributed by atoms with E-state index in [-0.39, 0.29) is 35.2 Å². The maximum absolute atomic E-state index is 14.8. The second-order valence-electron chi connectivity index (χ2n) is 17.4. The molecular formula is C40H57N7O3. The molecule has 50 heavy (non-hydrogen) atoms. The Bertz CT molecular complexity index is 1650. The summed E-state index contributed by atoms with van der Waals surface area (Å²) in [5.74, 6) is 1.40. The number of rotatable bonds is 15. The fourth-order valence-electron chi connectivity index (χ4n) is 6.64. The molecule has 10 heteroatoms. The number of aliphatic imine (C=N–C) groups is 1. The molecule has 0 saturated heterocycles. The molecule has 2 aliphatic rings. The van der Waals surface area contributed by atoms with Gasteiger partial charge in [-0.15, -0.1) is 10.2 Å². The molecule has 1 aromatic heterocycles. The number of hydrogen-bond donors (Lipinski definition) is 2. The van der Waals surface area contributed by atoms with Crippen LogP contribution in [0.5, 0.6) is 5.75 Å². The fraction of sp³-hybridized carbons (Fsp3) is 0.600. The van der Waals surface area contributed by atoms with E-state index in [1.807, 2.05) is 48.5 Å². The first-order chi connectivity index (χ1) is 23.5. The van der Waals surface area contributed by atoms with E-state index >= 15 is 0 Å². The summed E-state index contributed by atoms with van der Waals surface area (Å²) >= 11 is 0. The number of aromatic nitrogens is 4. The minimum atomic E-state index is -0.738. The van der Waals surface area contributed by atoms with Crippen LogP contribution in [0.2, 0.25) is 0 Å². The molecule has 0 radical (unpaired) electrons. The molecule has 2 amide bonds. The summed E-state index contributed by atoms with van der Waals surface area (Å²) in [5, 5.41) is 16.6. The summed E-state index contributed by atoms with van der Waals surface area (Å²) in [7, 11) is 0. The molecule has 1 fully saturated rings. The number of benzene rings is 2. The highest BCUT2D eigenvalue weighted by atomic mass is 16.5. The topological polar surface area (TPSA) is 125 Å². The number of nitrogens with one attached hydrogen (secondary N) is 2. The van der Waals surface area contributed by atoms with E-state index in [0.29, 0.717) is 35.0 Å². The summed E-state index contributed by atoms with van der Waals surface area (Å²) < 4.78 is 6.16. The van der Waals surface area contributed by atoms with Crippen LogP contribution < -0.4 is 10.1 Å². The van der Waals surface area contributed by atoms with Crippen LogP contribution in [-0.2, 0) is 11.3 Å². The minimum Gasteiger partial charge on any atom is -0.494 e. The zero-order valence-corrected chi connectivity index (χ0v) is 31.6. The average Bonchev–Trinajstić information content (AvgIpc) is 3.48. The van der Waals surface area contributed by atoms with Gasteiger partial charge >= 0.3 is 0 Å². The van der Waals surface area contributed by atoms with Gasteiger partial charge in [0.15, 0.2) is 5.82 Å². The number of H-pyrrole nitrogens is 1. The maximum atomic E-state index is 14.8. The summed E-state index contributed by atoms with van der Waals surface area (Å²) in [4.78, 5) is 35.2. The van der Waals surface area contributed by atoms with E-state index < -0.39 is 5.66 Å². The van der Waals surface area contributed by atoms with E-state index in [9.17, 15) is 9.59 Å². The van der Waals surface area contributed by atoms with Crippen LogP contribution in [0.25, 0.3) is 0 Å². The van der Waals surface area contributed by atoms with Crippen LogP contribution in [0, 0.1) is 22.2 Å². The number of carbonyl (C=O) groups excluding carboxylic acids is 2. The Kier molecular flexibility index (Phi) is 10.9. The van der Waals surface area contributed by atoms with Gasteiger partial charge < -0.3 is 15.0 Å². The molecular weight excluding hydrogens is 626 g/mol. The molecule has 2 aromatic carbocycles. The zero-order chi connectivity index (χ0) is 36.3. The standard InChI is InChI=1S/C40H57N7O3/c1-27(39(8)21-22-39)17-20-40(9)42-34(30-11-10-12-31(25-30)50-24-23-38(5,6)7)36(49)47(40)32(18-19-37(2,3)4)28-13-15-29(16-14-28)35(48)41-26-33-43-45-46-44-33/h10-16,25,27,32H,17-24,26H2,1-9H3,(H,41,48)(H,43,44,45,46)/t27?,32-,40?/m1/s1. The second-order valence-corrected chi connectivity index (χ2v) is 17.4. The van der Waals surface area contributed by atoms with Crippen molar-refractivity contribution < 1.29 is 14.3 Å². The number of aromatic amines is 1. The van der Waals surface area contributed by atoms with Crippen molar-refractivity contribution in [3.8, 4) is 5.75 Å². The van der Waals surface area contributed by atoms with E-state index in [0.717, 1.165) is 49.0 Å². The third-order valence-corrected chi connectivity index (χ3v) is 10.6. The number of hydrogen-bond acceptors (Lipinski definition) is 7. The first-order valence-electron chi connectivity index (χ1n) is 18.2. The zero-order valence-electron chi connectivity index (χ0n) is 31.6. The normalized spacial score (nSPS) is 20.0. The maximum Gasteiger partial charge on any atom is 0.275 e. The van der Waals surface area contributed by atoms with Gasteiger partial charge in [-0.1, -0.05) is 84.9 Å². The third-order valence-electron chi connectivity index (χ3n) is 10.6. The molecule has 3 aromatic rings. The van der Waals surface area contributed by atoms with Gasteiger partial charge in [0.2, 0.25) is 0 Å². The Hall–Kier alpha value is -4.08. The summed E-state index contributed by atoms with van der Waals surface area (Å²) in [5.41, 5.74) is 2.64. The lowest BCUT2D eigenvalue weighted by Gasteiger charge is -2.41. The van der Waals surface area contributed by atoms with Crippen LogP contribution in [0.4, 0.5) is 0 Å². The Balaban J connectivity index is 1.46. The van der Waals surface area contributed by atoms with Crippen molar-refractivity contribution in [2.45, 2.75) is 126 Å². The van der Waals surface area contributed by atoms with Gasteiger partial charge in [0.05, 0.1) is 19.2 Å². The first kappa shape index (κ1) is 37.2. The lowest BCUT2D eigenvalue weighted by molar-refractivity contribution is -0.131. The van der Waals surface area contributed by atoms with E-state index in [1.165, 1.54) is 12.8 Å². The molecule has 0 bridgehead atoms. The number of tetrazole rings is 1. The van der Waals surface area contributed by atoms with Crippen LogP contribution in [0.1, 0.15) is 141 Å². The molecule has 2 N–H and O–H groups in total. The van der Waals surface area contributed by atoms with Gasteiger partial charge in [-0.3, -0.25) is 14.6 Å². The number of ether oxygens (including phenoxy) is 1. The van der Waals surface area contributed by atoms with Crippen molar-refractivity contribution in [2.75, 3.05) is 6.61 Å². The van der Waals surface area contributed by atoms with Gasteiger partial charge in [-0.05, 0) is 104 Å². The molecule has 1 aliphatic heterocycles. The molecule has 3 atom stereocenters. The molecule has 2 heterocycles. The highest BCUT2D eigenvalue weighted by Crippen LogP contribution is 2.54. The van der Waals surface area contributed by atoms with Gasteiger partial charge in [-0.25, -0.2) is 0 Å². The predicted molar refractivity (Wildman–Crippen MR) is 197 cm³/mol. The monoisotopic (exact) mass is 683 g/mol. The fourth-order valence-corrected chi connectivity index (χ4v) is 6.64. The molecule has 2 unspecified atom stereocenters. The van der Waals surface area contributed by atoms with Crippen molar-refractivity contribution in [3.05, 3.63) is 71.0 Å². The SMILES string of the molecule is CC(CCC1(C)N=C(c2cccc(OCCC(C)(C)C)c2)C(=O)N1[C@H](CCC(C)(C)C)c1ccc(C(=O)NCc2nn[nH]n2)cc1)C1(C)CC1. The van der Waals surface area contributed by atoms with Gasteiger partial charge in [0.25, 0.3) is 11.8 Å². The summed E-state index contributed by atoms with van der Waals surface area (Å²) in [6, 6.07) is 15.2. The summed E-state index contributed by atoms with van der Waals surface area (Å²) in [6.07, 6.45) is 6.86. The van der Waals surface area contributed by atoms with Crippen molar-refractivity contribution >= 4 is 17.5 Å². The van der Waals surface area contributed by atoms with Gasteiger partial charge in [0, 0.05) is 11.1 Å². The Morgan fingerprint density at radius 2 is 1.70 bits per heavy atom. The first-order valence-corrected chi connectivity index (χ1v) is 18.2. The second kappa shape index (κ2) is 14.6. The van der Waals surface area contributed by atoms with Crippen molar-refractivity contribution in [1.82, 2.24) is 30.8 Å². The van der Waals surface area contributed by atoms with Crippen molar-refractivity contribution in [2.24, 2.45) is 27.2 Å². The Morgan fingerprint density at radius 3 is 2.32 bits per heavy atom. The van der Waals surface area contributed by atoms with Crippen LogP contribution in [0.15, 0.2) is 53.5 Å². The van der Waals surface area contributed by atoms with Crippen LogP contribution in [0.3, 0.4) is 0 Å². The third kappa shape index (κ3) is 9.37. The highest BCUT2D eigenvalue weighted by molar-refractivity contribution is 6.46. The number of carbonyl (C=O) groups is 2. The molecule has 5 rings (SSSR count). The van der Waals surface area contributed by atoms with Crippen LogP contribution >= 0.6 is 0 Å². The van der Waals surface area contributed by atoms with Crippen molar-refractivity contribution in [3.63, 3.8) is 0 Å². The Labute approximate surface area is 298 Å². The number of amides is 2. The van der Waals surface area contributed by atoms with E-state index in [2.05, 4.69) is 93.2 Å². The van der Waals surface area contributed by atoms with Crippen molar-refractivity contribution in [1.29, 1.82) is 0 Å². The Morgan fingerprint density at radius 1 is 1.00 bits per heavy atom. The largest absolute Gasteiger partial charge is 0.494 e. The van der Waals surface area contributed by atoms with Gasteiger partial charge in [0.1, 0.15) is 17.1 Å². The molecule has 1 saturated carbocycles. The lowest BCUT2D eigenvalue weighted by atomic mass is 9.84. The molecule has 270 valence electrons. The van der Waals surface area contributed by atoms with Crippen LogP contribution in [-0.4, -0.2) is 55.3 Å². The van der Waals surface area contributed by atoms with Gasteiger partial charge in [-0.2, -0.15) is 5.21 Å². The molecule has 0 spiro atoms. The highest BCUT2D eigenvalue weighted by Gasteiger charge is 2.49. The van der Waals surface area contributed by atoms with E-state index in [4.69, 9.17) is 9.73 Å². The average molecular weight is 684 g/mol. The quantitative estimate of drug-likeness (QED) is 0.167. The molecule has 10 nitrogen and oxygen atoms in total. The number of nitrogens with zero attached hydrogens (tertiary/aromatic N) is 5. The smallest absolute Gasteiger partial charge is 0.275 e. The lowest BCUT2D eigenvalue weighted by Crippen LogP contribution is -2.47. The molecule has 1 aliphatic carbocycles. The summed E-state index contributed by atoms with van der Waals surface area (Å²) in [6.45, 7) is 20.9.